The molecular weight excluding hydrogens is 338 g/mol. The molecule has 4 nitrogen and oxygen atoms in total. The summed E-state index contributed by atoms with van der Waals surface area (Å²) in [7, 11) is 0. The first kappa shape index (κ1) is 21.1. The van der Waals surface area contributed by atoms with Crippen molar-refractivity contribution in [2.24, 2.45) is 17.8 Å². The molecule has 1 saturated heterocycles. The SMILES string of the molecule is C=C/C(O)=C(\C(O)=C/CCC1CN(C(C)=O)C1)[C@@H]1C=C(C)CC[C@H]1C(=C)C. The summed E-state index contributed by atoms with van der Waals surface area (Å²) in [6, 6.07) is 0. The fourth-order valence-corrected chi connectivity index (χ4v) is 4.06. The van der Waals surface area contributed by atoms with Crippen LogP contribution in [-0.4, -0.2) is 34.1 Å². The lowest BCUT2D eigenvalue weighted by Gasteiger charge is -2.38. The molecule has 1 aliphatic carbocycles. The first-order valence-electron chi connectivity index (χ1n) is 9.77. The molecule has 2 aliphatic rings. The van der Waals surface area contributed by atoms with Crippen LogP contribution in [0.25, 0.3) is 0 Å². The molecule has 2 atom stereocenters. The van der Waals surface area contributed by atoms with Crippen LogP contribution in [-0.2, 0) is 4.79 Å². The van der Waals surface area contributed by atoms with Gasteiger partial charge in [-0.2, -0.15) is 0 Å². The molecule has 1 aliphatic heterocycles. The topological polar surface area (TPSA) is 60.8 Å². The summed E-state index contributed by atoms with van der Waals surface area (Å²) in [5.41, 5.74) is 2.86. The van der Waals surface area contributed by atoms with Crippen molar-refractivity contribution < 1.29 is 15.0 Å². The predicted octanol–water partition coefficient (Wildman–Crippen LogP) is 5.23. The molecule has 0 aromatic rings. The third-order valence-electron chi connectivity index (χ3n) is 5.77. The summed E-state index contributed by atoms with van der Waals surface area (Å²) < 4.78 is 0. The van der Waals surface area contributed by atoms with Crippen molar-refractivity contribution >= 4 is 5.91 Å². The molecule has 0 saturated carbocycles. The second kappa shape index (κ2) is 9.12. The minimum atomic E-state index is -0.0950. The Kier molecular flexibility index (Phi) is 7.11. The summed E-state index contributed by atoms with van der Waals surface area (Å²) >= 11 is 0. The zero-order chi connectivity index (χ0) is 20.1. The Balaban J connectivity index is 2.13. The highest BCUT2D eigenvalue weighted by Crippen LogP contribution is 2.40. The molecule has 148 valence electrons. The van der Waals surface area contributed by atoms with E-state index in [1.165, 1.54) is 11.6 Å². The van der Waals surface area contributed by atoms with Gasteiger partial charge in [-0.1, -0.05) is 30.4 Å². The molecule has 2 N–H and O–H groups in total. The number of allylic oxidation sites excluding steroid dienone is 6. The third kappa shape index (κ3) is 5.15. The number of aliphatic hydroxyl groups excluding tert-OH is 2. The molecule has 0 bridgehead atoms. The Morgan fingerprint density at radius 1 is 1.33 bits per heavy atom. The number of carbonyl (C=O) groups excluding carboxylic acids is 1. The molecule has 27 heavy (non-hydrogen) atoms. The second-order valence-corrected chi connectivity index (χ2v) is 7.99. The van der Waals surface area contributed by atoms with Crippen LogP contribution >= 0.6 is 0 Å². The van der Waals surface area contributed by atoms with Crippen molar-refractivity contribution in [2.75, 3.05) is 13.1 Å². The number of likely N-dealkylation sites (tertiary alicyclic amines) is 1. The van der Waals surface area contributed by atoms with Crippen LogP contribution < -0.4 is 0 Å². The Morgan fingerprint density at radius 2 is 2.00 bits per heavy atom. The summed E-state index contributed by atoms with van der Waals surface area (Å²) in [5, 5.41) is 21.2. The third-order valence-corrected chi connectivity index (χ3v) is 5.77. The second-order valence-electron chi connectivity index (χ2n) is 7.99. The summed E-state index contributed by atoms with van der Waals surface area (Å²) in [6.07, 6.45) is 8.92. The normalized spacial score (nSPS) is 24.6. The van der Waals surface area contributed by atoms with Crippen LogP contribution in [0.1, 0.15) is 46.5 Å². The fourth-order valence-electron chi connectivity index (χ4n) is 4.06. The van der Waals surface area contributed by atoms with Crippen LogP contribution in [0.2, 0.25) is 0 Å². The van der Waals surface area contributed by atoms with Gasteiger partial charge in [0.15, 0.2) is 0 Å². The highest BCUT2D eigenvalue weighted by Gasteiger charge is 2.31. The van der Waals surface area contributed by atoms with E-state index in [0.29, 0.717) is 17.9 Å². The molecule has 0 spiro atoms. The molecular formula is C23H33NO3. The maximum Gasteiger partial charge on any atom is 0.219 e. The standard InChI is InChI=1S/C23H33NO3/c1-6-21(26)23(20-12-16(4)10-11-19(20)15(2)3)22(27)9-7-8-18-13-24(14-18)17(5)25/h6,9,12,18-20,26-27H,1-2,7-8,10-11,13-14H2,3-5H3/b22-9+,23-21+/t19-,20+/m0/s1. The Labute approximate surface area is 163 Å². The molecule has 0 radical (unpaired) electrons. The van der Waals surface area contributed by atoms with Gasteiger partial charge in [0.1, 0.15) is 11.5 Å². The van der Waals surface area contributed by atoms with Gasteiger partial charge in [0.2, 0.25) is 5.91 Å². The van der Waals surface area contributed by atoms with E-state index in [9.17, 15) is 15.0 Å². The van der Waals surface area contributed by atoms with Gasteiger partial charge >= 0.3 is 0 Å². The van der Waals surface area contributed by atoms with Crippen LogP contribution in [0.15, 0.2) is 59.6 Å². The average Bonchev–Trinajstić information content (AvgIpc) is 2.56. The maximum absolute atomic E-state index is 11.3. The van der Waals surface area contributed by atoms with E-state index >= 15 is 0 Å². The van der Waals surface area contributed by atoms with Crippen LogP contribution in [0.3, 0.4) is 0 Å². The number of hydrogen-bond donors (Lipinski definition) is 2. The molecule has 0 aromatic carbocycles. The first-order valence-corrected chi connectivity index (χ1v) is 9.77. The predicted molar refractivity (Wildman–Crippen MR) is 110 cm³/mol. The Morgan fingerprint density at radius 3 is 2.56 bits per heavy atom. The minimum Gasteiger partial charge on any atom is -0.508 e. The Bertz CT molecular complexity index is 692. The largest absolute Gasteiger partial charge is 0.508 e. The average molecular weight is 372 g/mol. The molecule has 1 fully saturated rings. The molecule has 1 heterocycles. The minimum absolute atomic E-state index is 0.0253. The summed E-state index contributed by atoms with van der Waals surface area (Å²) in [6.45, 7) is 15.1. The lowest BCUT2D eigenvalue weighted by Crippen LogP contribution is -2.48. The van der Waals surface area contributed by atoms with E-state index in [-0.39, 0.29) is 29.3 Å². The van der Waals surface area contributed by atoms with Crippen molar-refractivity contribution in [1.29, 1.82) is 0 Å². The van der Waals surface area contributed by atoms with Crippen molar-refractivity contribution in [3.05, 3.63) is 59.6 Å². The van der Waals surface area contributed by atoms with E-state index < -0.39 is 0 Å². The lowest BCUT2D eigenvalue weighted by atomic mass is 9.73. The van der Waals surface area contributed by atoms with E-state index in [1.54, 1.807) is 13.0 Å². The monoisotopic (exact) mass is 371 g/mol. The maximum atomic E-state index is 11.3. The lowest BCUT2D eigenvalue weighted by molar-refractivity contribution is -0.135. The number of aliphatic hydroxyl groups is 2. The number of hydrogen-bond acceptors (Lipinski definition) is 3. The van der Waals surface area contributed by atoms with Crippen LogP contribution in [0.4, 0.5) is 0 Å². The van der Waals surface area contributed by atoms with Crippen LogP contribution in [0, 0.1) is 17.8 Å². The van der Waals surface area contributed by atoms with E-state index in [0.717, 1.165) is 37.9 Å². The van der Waals surface area contributed by atoms with Crippen molar-refractivity contribution in [2.45, 2.75) is 46.5 Å². The van der Waals surface area contributed by atoms with Gasteiger partial charge in [0.05, 0.1) is 0 Å². The van der Waals surface area contributed by atoms with Crippen molar-refractivity contribution in [3.63, 3.8) is 0 Å². The van der Waals surface area contributed by atoms with Gasteiger partial charge < -0.3 is 15.1 Å². The smallest absolute Gasteiger partial charge is 0.219 e. The zero-order valence-corrected chi connectivity index (χ0v) is 16.9. The first-order chi connectivity index (χ1) is 12.7. The highest BCUT2D eigenvalue weighted by atomic mass is 16.3. The number of rotatable bonds is 7. The molecule has 0 aromatic heterocycles. The molecule has 0 unspecified atom stereocenters. The zero-order valence-electron chi connectivity index (χ0n) is 16.9. The molecule has 4 heteroatoms. The quantitative estimate of drug-likeness (QED) is 0.366. The summed E-state index contributed by atoms with van der Waals surface area (Å²) in [4.78, 5) is 13.1. The van der Waals surface area contributed by atoms with Crippen LogP contribution in [0.5, 0.6) is 0 Å². The summed E-state index contributed by atoms with van der Waals surface area (Å²) in [5.74, 6) is 0.851. The van der Waals surface area contributed by atoms with Crippen molar-refractivity contribution in [1.82, 2.24) is 4.90 Å². The van der Waals surface area contributed by atoms with Gasteiger partial charge in [0, 0.05) is 31.5 Å². The van der Waals surface area contributed by atoms with E-state index in [2.05, 4.69) is 26.2 Å². The number of amides is 1. The van der Waals surface area contributed by atoms with Gasteiger partial charge in [-0.25, -0.2) is 0 Å². The van der Waals surface area contributed by atoms with Crippen molar-refractivity contribution in [3.8, 4) is 0 Å². The number of carbonyl (C=O) groups is 1. The van der Waals surface area contributed by atoms with Gasteiger partial charge in [-0.15, -0.1) is 0 Å². The van der Waals surface area contributed by atoms with Gasteiger partial charge in [-0.05, 0) is 63.5 Å². The van der Waals surface area contributed by atoms with Gasteiger partial charge in [0.25, 0.3) is 0 Å². The van der Waals surface area contributed by atoms with Gasteiger partial charge in [-0.3, -0.25) is 4.79 Å². The molecule has 1 amide bonds. The highest BCUT2D eigenvalue weighted by molar-refractivity contribution is 5.74. The van der Waals surface area contributed by atoms with E-state index in [4.69, 9.17) is 0 Å². The Hall–Kier alpha value is -2.23. The fraction of sp³-hybridized carbons (Fsp3) is 0.522. The number of nitrogens with zero attached hydrogens (tertiary/aromatic N) is 1. The molecule has 2 rings (SSSR count). The van der Waals surface area contributed by atoms with E-state index in [1.807, 2.05) is 11.8 Å².